The number of nitrogens with zero attached hydrogens (tertiary/aromatic N) is 2. The molecule has 0 saturated heterocycles. The van der Waals surface area contributed by atoms with Crippen molar-refractivity contribution in [2.24, 2.45) is 9.98 Å². The summed E-state index contributed by atoms with van der Waals surface area (Å²) in [5, 5.41) is 31.2. The number of aromatic amines is 2. The van der Waals surface area contributed by atoms with E-state index < -0.39 is 5.97 Å². The minimum atomic E-state index is -0.778. The van der Waals surface area contributed by atoms with Crippen LogP contribution in [0.25, 0.3) is 21.8 Å². The summed E-state index contributed by atoms with van der Waals surface area (Å²) in [5.41, 5.74) is 8.15. The lowest BCUT2D eigenvalue weighted by Gasteiger charge is -2.00. The lowest BCUT2D eigenvalue weighted by atomic mass is 10.1. The highest BCUT2D eigenvalue weighted by molar-refractivity contribution is 6.31. The molecule has 8 nitrogen and oxygen atoms in total. The molecule has 0 aliphatic rings. The predicted octanol–water partition coefficient (Wildman–Crippen LogP) is 9.18. The van der Waals surface area contributed by atoms with E-state index in [1.165, 1.54) is 5.56 Å². The van der Waals surface area contributed by atoms with Gasteiger partial charge in [-0.1, -0.05) is 54.9 Å². The van der Waals surface area contributed by atoms with Crippen molar-refractivity contribution in [2.75, 3.05) is 0 Å². The molecule has 46 heavy (non-hydrogen) atoms. The number of carbonyl (C=O) groups is 1. The van der Waals surface area contributed by atoms with Gasteiger partial charge in [-0.15, -0.1) is 0 Å². The van der Waals surface area contributed by atoms with Crippen molar-refractivity contribution < 1.29 is 20.1 Å². The van der Waals surface area contributed by atoms with Crippen LogP contribution in [0.15, 0.2) is 94.9 Å². The highest BCUT2D eigenvalue weighted by Crippen LogP contribution is 2.30. The monoisotopic (exact) mass is 634 g/mol. The summed E-state index contributed by atoms with van der Waals surface area (Å²) in [5.74, 6) is -0.570. The Morgan fingerprint density at radius 2 is 1.41 bits per heavy atom. The van der Waals surface area contributed by atoms with E-state index in [9.17, 15) is 15.0 Å². The Balaban J connectivity index is 0.000000184. The summed E-state index contributed by atoms with van der Waals surface area (Å²) >= 11 is 6.02. The fourth-order valence-electron chi connectivity index (χ4n) is 5.16. The summed E-state index contributed by atoms with van der Waals surface area (Å²) in [6.45, 7) is 4.16. The van der Waals surface area contributed by atoms with Crippen LogP contribution in [0.1, 0.15) is 47.6 Å². The Morgan fingerprint density at radius 1 is 0.804 bits per heavy atom. The Labute approximate surface area is 271 Å². The van der Waals surface area contributed by atoms with Crippen LogP contribution in [0, 0.1) is 6.92 Å². The van der Waals surface area contributed by atoms with Gasteiger partial charge in [0.2, 0.25) is 0 Å². The minimum Gasteiger partial charge on any atom is -0.494 e. The first-order chi connectivity index (χ1) is 22.2. The molecule has 2 heterocycles. The fourth-order valence-corrected chi connectivity index (χ4v) is 5.33. The zero-order chi connectivity index (χ0) is 32.6. The molecular weight excluding hydrogens is 600 g/mol. The fraction of sp³-hybridized carbons (Fsp3) is 0.162. The second-order valence-electron chi connectivity index (χ2n) is 10.9. The number of carboxylic acid groups (broad SMARTS) is 1. The standard InChI is InChI=1S/C19H17ClN2O3.C18H18N2O/c20-13-6-9-17-15(10-13)16(19(25)22-17)11-21-14-7-4-12(5-8-14)2-1-3-18(23)24;1-3-13-7-9-14(10-8-13)19-11-15-17-12(2)5-4-6-16(17)20-18(15)21/h4-11,22,25H,1-3H2,(H,23,24);4-11,20-21H,3H2,1-2H3. The van der Waals surface area contributed by atoms with E-state index in [4.69, 9.17) is 16.7 Å². The third-order valence-corrected chi connectivity index (χ3v) is 7.89. The number of H-pyrrole nitrogens is 2. The van der Waals surface area contributed by atoms with Gasteiger partial charge in [0.25, 0.3) is 0 Å². The molecule has 0 unspecified atom stereocenters. The van der Waals surface area contributed by atoms with Crippen LogP contribution in [0.5, 0.6) is 11.8 Å². The maximum atomic E-state index is 10.5. The summed E-state index contributed by atoms with van der Waals surface area (Å²) in [6, 6.07) is 27.0. The molecule has 0 aliphatic heterocycles. The van der Waals surface area contributed by atoms with Crippen LogP contribution in [0.4, 0.5) is 11.4 Å². The highest BCUT2D eigenvalue weighted by Gasteiger charge is 2.11. The number of fused-ring (bicyclic) bond motifs is 2. The van der Waals surface area contributed by atoms with Crippen molar-refractivity contribution in [3.63, 3.8) is 0 Å². The molecule has 0 fully saturated rings. The number of hydrogen-bond donors (Lipinski definition) is 5. The summed E-state index contributed by atoms with van der Waals surface area (Å²) < 4.78 is 0. The SMILES string of the molecule is CCc1ccc(N=Cc2c(O)[nH]c3cccc(C)c23)cc1.O=C(O)CCCc1ccc(N=Cc2c(O)[nH]c3ccc(Cl)cc23)cc1. The summed E-state index contributed by atoms with van der Waals surface area (Å²) in [4.78, 5) is 25.3. The molecule has 6 rings (SSSR count). The molecule has 234 valence electrons. The van der Waals surface area contributed by atoms with Gasteiger partial charge >= 0.3 is 5.97 Å². The Morgan fingerprint density at radius 3 is 2.07 bits per heavy atom. The lowest BCUT2D eigenvalue weighted by molar-refractivity contribution is -0.137. The molecule has 0 bridgehead atoms. The van der Waals surface area contributed by atoms with Crippen LogP contribution in [-0.4, -0.2) is 43.7 Å². The smallest absolute Gasteiger partial charge is 0.303 e. The molecule has 4 aromatic carbocycles. The largest absolute Gasteiger partial charge is 0.494 e. The molecule has 0 radical (unpaired) electrons. The quantitative estimate of drug-likeness (QED) is 0.101. The van der Waals surface area contributed by atoms with Crippen LogP contribution in [-0.2, 0) is 17.6 Å². The van der Waals surface area contributed by atoms with Gasteiger partial charge in [-0.05, 0) is 91.4 Å². The Kier molecular flexibility index (Phi) is 10.2. The van der Waals surface area contributed by atoms with Crippen LogP contribution < -0.4 is 0 Å². The number of aromatic hydroxyl groups is 2. The summed E-state index contributed by atoms with van der Waals surface area (Å²) in [6.07, 6.45) is 5.85. The van der Waals surface area contributed by atoms with Crippen molar-refractivity contribution in [1.82, 2.24) is 9.97 Å². The third-order valence-electron chi connectivity index (χ3n) is 7.65. The number of benzene rings is 4. The molecule has 6 aromatic rings. The molecule has 0 spiro atoms. The van der Waals surface area contributed by atoms with E-state index in [1.807, 2.05) is 61.5 Å². The number of aryl methyl sites for hydroxylation is 3. The van der Waals surface area contributed by atoms with Crippen LogP contribution in [0.2, 0.25) is 5.02 Å². The van der Waals surface area contributed by atoms with Gasteiger partial charge in [0.15, 0.2) is 11.8 Å². The van der Waals surface area contributed by atoms with Gasteiger partial charge in [-0.2, -0.15) is 0 Å². The van der Waals surface area contributed by atoms with Crippen molar-refractivity contribution in [3.8, 4) is 11.8 Å². The van der Waals surface area contributed by atoms with E-state index >= 15 is 0 Å². The van der Waals surface area contributed by atoms with Gasteiger partial charge in [0.05, 0.1) is 22.5 Å². The minimum absolute atomic E-state index is 0.0475. The molecule has 5 N–H and O–H groups in total. The van der Waals surface area contributed by atoms with Gasteiger partial charge < -0.3 is 25.3 Å². The van der Waals surface area contributed by atoms with E-state index in [0.29, 0.717) is 17.0 Å². The maximum Gasteiger partial charge on any atom is 0.303 e. The van der Waals surface area contributed by atoms with Crippen molar-refractivity contribution in [2.45, 2.75) is 39.5 Å². The highest BCUT2D eigenvalue weighted by atomic mass is 35.5. The second kappa shape index (κ2) is 14.6. The number of hydrogen-bond acceptors (Lipinski definition) is 5. The molecular formula is C37H35ClN4O4. The van der Waals surface area contributed by atoms with E-state index in [1.54, 1.807) is 30.6 Å². The van der Waals surface area contributed by atoms with E-state index in [0.717, 1.165) is 62.7 Å². The van der Waals surface area contributed by atoms with Crippen molar-refractivity contribution >= 4 is 63.2 Å². The first-order valence-corrected chi connectivity index (χ1v) is 15.4. The first-order valence-electron chi connectivity index (χ1n) is 15.0. The third kappa shape index (κ3) is 7.83. The average Bonchev–Trinajstić information content (AvgIpc) is 3.54. The van der Waals surface area contributed by atoms with E-state index in [-0.39, 0.29) is 18.2 Å². The van der Waals surface area contributed by atoms with Crippen molar-refractivity contribution in [3.05, 3.63) is 118 Å². The number of aromatic nitrogens is 2. The number of rotatable bonds is 9. The zero-order valence-electron chi connectivity index (χ0n) is 25.6. The Bertz CT molecular complexity index is 2020. The van der Waals surface area contributed by atoms with Gasteiger partial charge in [-0.25, -0.2) is 0 Å². The Hall–Kier alpha value is -5.34. The second-order valence-corrected chi connectivity index (χ2v) is 11.3. The van der Waals surface area contributed by atoms with E-state index in [2.05, 4.69) is 39.0 Å². The maximum absolute atomic E-state index is 10.5. The summed E-state index contributed by atoms with van der Waals surface area (Å²) in [7, 11) is 0. The normalized spacial score (nSPS) is 11.5. The van der Waals surface area contributed by atoms with Gasteiger partial charge in [0, 0.05) is 45.7 Å². The van der Waals surface area contributed by atoms with Crippen molar-refractivity contribution in [1.29, 1.82) is 0 Å². The molecule has 0 atom stereocenters. The molecule has 0 saturated carbocycles. The predicted molar refractivity (Wildman–Crippen MR) is 187 cm³/mol. The molecule has 2 aromatic heterocycles. The number of carboxylic acids is 1. The molecule has 9 heteroatoms. The van der Waals surface area contributed by atoms with Crippen LogP contribution >= 0.6 is 11.6 Å². The number of nitrogens with one attached hydrogen (secondary N) is 2. The average molecular weight is 635 g/mol. The molecule has 0 amide bonds. The lowest BCUT2D eigenvalue weighted by Crippen LogP contribution is -1.95. The first kappa shape index (κ1) is 32.1. The van der Waals surface area contributed by atoms with Crippen LogP contribution in [0.3, 0.4) is 0 Å². The number of aliphatic imine (C=N–C) groups is 2. The topological polar surface area (TPSA) is 134 Å². The van der Waals surface area contributed by atoms with Gasteiger partial charge in [-0.3, -0.25) is 14.8 Å². The van der Waals surface area contributed by atoms with Gasteiger partial charge in [0.1, 0.15) is 0 Å². The zero-order valence-corrected chi connectivity index (χ0v) is 26.3. The number of halogens is 1. The number of aliphatic carboxylic acids is 1. The molecule has 0 aliphatic carbocycles.